The Morgan fingerprint density at radius 3 is 2.82 bits per heavy atom. The molecule has 4 heteroatoms. The summed E-state index contributed by atoms with van der Waals surface area (Å²) < 4.78 is 11.6. The summed E-state index contributed by atoms with van der Waals surface area (Å²) in [6.45, 7) is 8.91. The zero-order valence-electron chi connectivity index (χ0n) is 11.1. The standard InChI is InChI=1S/C13H26N2O2/c1-10(2)15-3-4-16-13(8-15)9-17-12-5-11(6-12)7-14/h10-13H,3-9,14H2,1-2H3. The van der Waals surface area contributed by atoms with Crippen molar-refractivity contribution < 1.29 is 9.47 Å². The van der Waals surface area contributed by atoms with E-state index in [4.69, 9.17) is 15.2 Å². The van der Waals surface area contributed by atoms with E-state index in [2.05, 4.69) is 18.7 Å². The molecule has 1 unspecified atom stereocenters. The highest BCUT2D eigenvalue weighted by molar-refractivity contribution is 4.82. The first-order valence-corrected chi connectivity index (χ1v) is 6.86. The molecule has 1 atom stereocenters. The summed E-state index contributed by atoms with van der Waals surface area (Å²) in [7, 11) is 0. The van der Waals surface area contributed by atoms with Crippen molar-refractivity contribution in [3.05, 3.63) is 0 Å². The van der Waals surface area contributed by atoms with Crippen molar-refractivity contribution in [2.75, 3.05) is 32.8 Å². The molecule has 1 aliphatic carbocycles. The lowest BCUT2D eigenvalue weighted by atomic mass is 9.82. The van der Waals surface area contributed by atoms with Crippen LogP contribution in [0.5, 0.6) is 0 Å². The van der Waals surface area contributed by atoms with Crippen molar-refractivity contribution >= 4 is 0 Å². The van der Waals surface area contributed by atoms with Crippen molar-refractivity contribution in [2.24, 2.45) is 11.7 Å². The Balaban J connectivity index is 1.62. The van der Waals surface area contributed by atoms with Gasteiger partial charge in [-0.25, -0.2) is 0 Å². The lowest BCUT2D eigenvalue weighted by Crippen LogP contribution is -2.48. The minimum absolute atomic E-state index is 0.253. The van der Waals surface area contributed by atoms with Crippen molar-refractivity contribution in [3.8, 4) is 0 Å². The molecule has 100 valence electrons. The van der Waals surface area contributed by atoms with Crippen LogP contribution >= 0.6 is 0 Å². The second kappa shape index (κ2) is 6.14. The van der Waals surface area contributed by atoms with Gasteiger partial charge in [0.05, 0.1) is 25.4 Å². The SMILES string of the molecule is CC(C)N1CCOC(COC2CC(CN)C2)C1. The van der Waals surface area contributed by atoms with Gasteiger partial charge in [0.2, 0.25) is 0 Å². The van der Waals surface area contributed by atoms with Gasteiger partial charge in [-0.2, -0.15) is 0 Å². The largest absolute Gasteiger partial charge is 0.375 e. The maximum Gasteiger partial charge on any atom is 0.0935 e. The number of nitrogens with zero attached hydrogens (tertiary/aromatic N) is 1. The summed E-state index contributed by atoms with van der Waals surface area (Å²) in [5, 5.41) is 0. The number of hydrogen-bond acceptors (Lipinski definition) is 4. The minimum Gasteiger partial charge on any atom is -0.375 e. The molecule has 1 aliphatic heterocycles. The second-order valence-electron chi connectivity index (χ2n) is 5.61. The monoisotopic (exact) mass is 242 g/mol. The van der Waals surface area contributed by atoms with Gasteiger partial charge in [-0.15, -0.1) is 0 Å². The average Bonchev–Trinajstić information content (AvgIpc) is 2.27. The molecular formula is C13H26N2O2. The Morgan fingerprint density at radius 1 is 1.41 bits per heavy atom. The number of nitrogens with two attached hydrogens (primary N) is 1. The Morgan fingerprint density at radius 2 is 2.18 bits per heavy atom. The van der Waals surface area contributed by atoms with E-state index in [1.165, 1.54) is 0 Å². The van der Waals surface area contributed by atoms with Crippen LogP contribution in [0, 0.1) is 5.92 Å². The molecule has 1 saturated carbocycles. The van der Waals surface area contributed by atoms with Gasteiger partial charge in [-0.3, -0.25) is 4.90 Å². The molecule has 1 saturated heterocycles. The quantitative estimate of drug-likeness (QED) is 0.776. The van der Waals surface area contributed by atoms with Crippen molar-refractivity contribution in [1.82, 2.24) is 4.90 Å². The fraction of sp³-hybridized carbons (Fsp3) is 1.00. The molecule has 0 amide bonds. The maximum atomic E-state index is 5.87. The molecule has 0 spiro atoms. The van der Waals surface area contributed by atoms with Crippen LogP contribution in [-0.4, -0.2) is 56.0 Å². The van der Waals surface area contributed by atoms with Crippen LogP contribution < -0.4 is 5.73 Å². The molecule has 2 fully saturated rings. The highest BCUT2D eigenvalue weighted by atomic mass is 16.5. The molecule has 2 aliphatic rings. The van der Waals surface area contributed by atoms with E-state index < -0.39 is 0 Å². The van der Waals surface area contributed by atoms with Crippen molar-refractivity contribution in [2.45, 2.75) is 44.9 Å². The smallest absolute Gasteiger partial charge is 0.0935 e. The third-order valence-electron chi connectivity index (χ3n) is 3.94. The summed E-state index contributed by atoms with van der Waals surface area (Å²) >= 11 is 0. The fourth-order valence-electron chi connectivity index (χ4n) is 2.56. The molecule has 2 rings (SSSR count). The lowest BCUT2D eigenvalue weighted by Gasteiger charge is -2.38. The average molecular weight is 242 g/mol. The van der Waals surface area contributed by atoms with Gasteiger partial charge in [0.1, 0.15) is 0 Å². The van der Waals surface area contributed by atoms with Crippen LogP contribution in [0.1, 0.15) is 26.7 Å². The first kappa shape index (κ1) is 13.3. The maximum absolute atomic E-state index is 5.87. The Labute approximate surface area is 104 Å². The first-order chi connectivity index (χ1) is 8.19. The predicted molar refractivity (Wildman–Crippen MR) is 68.0 cm³/mol. The van der Waals surface area contributed by atoms with Gasteiger partial charge in [-0.1, -0.05) is 0 Å². The van der Waals surface area contributed by atoms with Crippen LogP contribution in [0.15, 0.2) is 0 Å². The van der Waals surface area contributed by atoms with E-state index >= 15 is 0 Å². The van der Waals surface area contributed by atoms with Gasteiger partial charge in [0, 0.05) is 19.1 Å². The lowest BCUT2D eigenvalue weighted by molar-refractivity contribution is -0.111. The molecule has 2 N–H and O–H groups in total. The van der Waals surface area contributed by atoms with Gasteiger partial charge in [-0.05, 0) is 39.2 Å². The molecule has 4 nitrogen and oxygen atoms in total. The molecule has 1 heterocycles. The number of morpholine rings is 1. The molecular weight excluding hydrogens is 216 g/mol. The van der Waals surface area contributed by atoms with Gasteiger partial charge < -0.3 is 15.2 Å². The summed E-state index contributed by atoms with van der Waals surface area (Å²) in [6.07, 6.45) is 2.96. The summed E-state index contributed by atoms with van der Waals surface area (Å²) in [6, 6.07) is 0.603. The Bertz CT molecular complexity index is 229. The Hall–Kier alpha value is -0.160. The van der Waals surface area contributed by atoms with Crippen LogP contribution in [0.2, 0.25) is 0 Å². The predicted octanol–water partition coefficient (Wildman–Crippen LogP) is 0.850. The van der Waals surface area contributed by atoms with Gasteiger partial charge in [0.25, 0.3) is 0 Å². The molecule has 0 radical (unpaired) electrons. The van der Waals surface area contributed by atoms with E-state index in [9.17, 15) is 0 Å². The van der Waals surface area contributed by atoms with E-state index in [1.54, 1.807) is 0 Å². The van der Waals surface area contributed by atoms with Crippen molar-refractivity contribution in [1.29, 1.82) is 0 Å². The third kappa shape index (κ3) is 3.65. The fourth-order valence-corrected chi connectivity index (χ4v) is 2.56. The van der Waals surface area contributed by atoms with E-state index in [-0.39, 0.29) is 6.10 Å². The highest BCUT2D eigenvalue weighted by Crippen LogP contribution is 2.29. The van der Waals surface area contributed by atoms with Gasteiger partial charge >= 0.3 is 0 Å². The zero-order chi connectivity index (χ0) is 12.3. The second-order valence-corrected chi connectivity index (χ2v) is 5.61. The van der Waals surface area contributed by atoms with E-state index in [0.29, 0.717) is 18.1 Å². The van der Waals surface area contributed by atoms with Gasteiger partial charge in [0.15, 0.2) is 0 Å². The zero-order valence-corrected chi connectivity index (χ0v) is 11.1. The van der Waals surface area contributed by atoms with Crippen LogP contribution in [-0.2, 0) is 9.47 Å². The number of ether oxygens (including phenoxy) is 2. The van der Waals surface area contributed by atoms with Crippen molar-refractivity contribution in [3.63, 3.8) is 0 Å². The van der Waals surface area contributed by atoms with E-state index in [1.807, 2.05) is 0 Å². The third-order valence-corrected chi connectivity index (χ3v) is 3.94. The van der Waals surface area contributed by atoms with Crippen LogP contribution in [0.25, 0.3) is 0 Å². The molecule has 0 aromatic heterocycles. The minimum atomic E-state index is 0.253. The molecule has 0 bridgehead atoms. The summed E-state index contributed by atoms with van der Waals surface area (Å²) in [5.41, 5.74) is 5.60. The molecule has 0 aromatic rings. The Kier molecular flexibility index (Phi) is 4.79. The molecule has 17 heavy (non-hydrogen) atoms. The number of rotatable bonds is 5. The van der Waals surface area contributed by atoms with E-state index in [0.717, 1.165) is 45.7 Å². The normalized spacial score (nSPS) is 34.9. The topological polar surface area (TPSA) is 47.7 Å². The summed E-state index contributed by atoms with van der Waals surface area (Å²) in [4.78, 5) is 2.46. The van der Waals surface area contributed by atoms with Crippen LogP contribution in [0.3, 0.4) is 0 Å². The van der Waals surface area contributed by atoms with Crippen LogP contribution in [0.4, 0.5) is 0 Å². The number of hydrogen-bond donors (Lipinski definition) is 1. The molecule has 0 aromatic carbocycles. The first-order valence-electron chi connectivity index (χ1n) is 6.86. The highest BCUT2D eigenvalue weighted by Gasteiger charge is 2.30. The summed E-state index contributed by atoms with van der Waals surface area (Å²) in [5.74, 6) is 0.694.